The topological polar surface area (TPSA) is 121 Å². The quantitative estimate of drug-likeness (QED) is 0.534. The molecule has 3 rings (SSSR count). The lowest BCUT2D eigenvalue weighted by Gasteiger charge is -2.15. The number of amides is 1. The summed E-state index contributed by atoms with van der Waals surface area (Å²) in [6.45, 7) is 5.53. The number of hydrogen-bond donors (Lipinski definition) is 3. The van der Waals surface area contributed by atoms with E-state index in [-0.39, 0.29) is 0 Å². The number of aryl methyl sites for hydroxylation is 1. The van der Waals surface area contributed by atoms with E-state index >= 15 is 0 Å². The summed E-state index contributed by atoms with van der Waals surface area (Å²) >= 11 is 0. The van der Waals surface area contributed by atoms with Crippen LogP contribution >= 0.6 is 0 Å². The van der Waals surface area contributed by atoms with Crippen LogP contribution < -0.4 is 20.5 Å². The van der Waals surface area contributed by atoms with Gasteiger partial charge >= 0.3 is 0 Å². The van der Waals surface area contributed by atoms with Gasteiger partial charge in [-0.15, -0.1) is 0 Å². The van der Waals surface area contributed by atoms with Crippen molar-refractivity contribution >= 4 is 11.6 Å². The highest BCUT2D eigenvalue weighted by Gasteiger charge is 2.24. The van der Waals surface area contributed by atoms with Crippen molar-refractivity contribution in [3.8, 4) is 33.9 Å². The van der Waals surface area contributed by atoms with Gasteiger partial charge in [-0.2, -0.15) is 0 Å². The van der Waals surface area contributed by atoms with E-state index in [1.165, 1.54) is 14.0 Å². The van der Waals surface area contributed by atoms with Crippen molar-refractivity contribution in [3.63, 3.8) is 0 Å². The summed E-state index contributed by atoms with van der Waals surface area (Å²) in [4.78, 5) is 12.4. The van der Waals surface area contributed by atoms with Crippen LogP contribution in [0.25, 0.3) is 22.5 Å². The number of quaternary nitrogens is 1. The highest BCUT2D eigenvalue weighted by atomic mass is 16.5. The first kappa shape index (κ1) is 22.3. The van der Waals surface area contributed by atoms with Crippen LogP contribution in [0.5, 0.6) is 11.5 Å². The minimum Gasteiger partial charge on any atom is -0.496 e. The van der Waals surface area contributed by atoms with E-state index in [0.717, 1.165) is 33.6 Å². The number of aliphatic hydroxyl groups excluding tert-OH is 1. The molecule has 3 aromatic rings. The molecule has 31 heavy (non-hydrogen) atoms. The first-order valence-corrected chi connectivity index (χ1v) is 9.87. The van der Waals surface area contributed by atoms with E-state index in [4.69, 9.17) is 14.0 Å². The summed E-state index contributed by atoms with van der Waals surface area (Å²) < 4.78 is 16.5. The number of aromatic nitrogens is 1. The normalized spacial score (nSPS) is 12.9. The van der Waals surface area contributed by atoms with Crippen LogP contribution in [0, 0.1) is 13.8 Å². The Bertz CT molecular complexity index is 1090. The molecule has 8 nitrogen and oxygen atoms in total. The molecule has 2 atom stereocenters. The number of nitrogens with one attached hydrogen (secondary N) is 1. The fourth-order valence-corrected chi connectivity index (χ4v) is 3.24. The van der Waals surface area contributed by atoms with Gasteiger partial charge in [0.1, 0.15) is 17.6 Å². The molecule has 0 aliphatic heterocycles. The molecule has 0 saturated carbocycles. The fourth-order valence-electron chi connectivity index (χ4n) is 3.24. The fraction of sp³-hybridized carbons (Fsp3) is 0.304. The maximum absolute atomic E-state index is 12.4. The molecule has 1 amide bonds. The summed E-state index contributed by atoms with van der Waals surface area (Å²) in [5.41, 5.74) is 8.66. The monoisotopic (exact) mass is 426 g/mol. The molecule has 0 aliphatic rings. The van der Waals surface area contributed by atoms with E-state index in [1.54, 1.807) is 25.4 Å². The van der Waals surface area contributed by atoms with Gasteiger partial charge in [-0.3, -0.25) is 4.79 Å². The van der Waals surface area contributed by atoms with Gasteiger partial charge in [-0.1, -0.05) is 11.2 Å². The molecule has 2 aromatic carbocycles. The van der Waals surface area contributed by atoms with Crippen LogP contribution in [0.3, 0.4) is 0 Å². The largest absolute Gasteiger partial charge is 0.496 e. The SMILES string of the molecule is COc1ccc(-c2cnoc2-c2cc(C)c(C)c(OC)c2)cc1NC(=O)C([NH3+])C(C)O. The second kappa shape index (κ2) is 9.20. The summed E-state index contributed by atoms with van der Waals surface area (Å²) in [6.07, 6.45) is 0.753. The second-order valence-electron chi connectivity index (χ2n) is 7.44. The molecule has 0 radical (unpaired) electrons. The van der Waals surface area contributed by atoms with Crippen LogP contribution in [0.15, 0.2) is 41.1 Å². The van der Waals surface area contributed by atoms with Crippen molar-refractivity contribution in [2.24, 2.45) is 0 Å². The van der Waals surface area contributed by atoms with Crippen LogP contribution in [0.2, 0.25) is 0 Å². The smallest absolute Gasteiger partial charge is 0.285 e. The predicted molar refractivity (Wildman–Crippen MR) is 117 cm³/mol. The molecule has 2 unspecified atom stereocenters. The number of rotatable bonds is 7. The summed E-state index contributed by atoms with van der Waals surface area (Å²) in [5, 5.41) is 16.4. The molecule has 0 bridgehead atoms. The predicted octanol–water partition coefficient (Wildman–Crippen LogP) is 2.57. The highest BCUT2D eigenvalue weighted by Crippen LogP contribution is 2.38. The zero-order valence-corrected chi connectivity index (χ0v) is 18.4. The van der Waals surface area contributed by atoms with Crippen LogP contribution in [0.4, 0.5) is 5.69 Å². The van der Waals surface area contributed by atoms with Gasteiger partial charge in [0.25, 0.3) is 5.91 Å². The van der Waals surface area contributed by atoms with Crippen LogP contribution in [-0.4, -0.2) is 42.5 Å². The second-order valence-corrected chi connectivity index (χ2v) is 7.44. The Hall–Kier alpha value is -3.36. The standard InChI is InChI=1S/C23H27N3O5/c1-12-8-16(10-20(30-5)13(12)2)22-17(11-25-31-22)15-6-7-19(29-4)18(9-15)26-23(28)21(24)14(3)27/h6-11,14,21,27H,24H2,1-5H3,(H,26,28)/p+1. The average Bonchev–Trinajstić information content (AvgIpc) is 3.24. The Morgan fingerprint density at radius 1 is 1.13 bits per heavy atom. The van der Waals surface area contributed by atoms with Crippen molar-refractivity contribution in [3.05, 3.63) is 47.7 Å². The summed E-state index contributed by atoms with van der Waals surface area (Å²) in [7, 11) is 3.15. The molecule has 1 aromatic heterocycles. The molecule has 5 N–H and O–H groups in total. The number of nitrogens with zero attached hydrogens (tertiary/aromatic N) is 1. The van der Waals surface area contributed by atoms with Crippen molar-refractivity contribution < 1.29 is 29.6 Å². The molecular formula is C23H28N3O5+. The number of aliphatic hydroxyl groups is 1. The number of benzene rings is 2. The molecule has 0 fully saturated rings. The number of hydrogen-bond acceptors (Lipinski definition) is 6. The van der Waals surface area contributed by atoms with Gasteiger partial charge in [-0.05, 0) is 61.7 Å². The molecule has 1 heterocycles. The van der Waals surface area contributed by atoms with Gasteiger partial charge in [0.05, 0.1) is 26.1 Å². The van der Waals surface area contributed by atoms with Crippen LogP contribution in [0.1, 0.15) is 18.1 Å². The first-order chi connectivity index (χ1) is 14.8. The van der Waals surface area contributed by atoms with E-state index in [2.05, 4.69) is 16.2 Å². The van der Waals surface area contributed by atoms with E-state index in [1.807, 2.05) is 32.0 Å². The Balaban J connectivity index is 2.03. The third-order valence-corrected chi connectivity index (χ3v) is 5.36. The molecule has 0 saturated heterocycles. The molecule has 0 spiro atoms. The minimum absolute atomic E-state index is 0.408. The number of ether oxygens (including phenoxy) is 2. The van der Waals surface area contributed by atoms with Crippen LogP contribution in [-0.2, 0) is 4.79 Å². The number of anilines is 1. The molecule has 8 heteroatoms. The number of methoxy groups -OCH3 is 2. The van der Waals surface area contributed by atoms with Gasteiger partial charge in [0, 0.05) is 11.1 Å². The third-order valence-electron chi connectivity index (χ3n) is 5.36. The first-order valence-electron chi connectivity index (χ1n) is 9.87. The summed E-state index contributed by atoms with van der Waals surface area (Å²) in [6, 6.07) is 8.50. The molecule has 0 aliphatic carbocycles. The van der Waals surface area contributed by atoms with E-state index < -0.39 is 18.1 Å². The molecular weight excluding hydrogens is 398 g/mol. The Morgan fingerprint density at radius 3 is 2.48 bits per heavy atom. The maximum Gasteiger partial charge on any atom is 0.285 e. The van der Waals surface area contributed by atoms with Gasteiger partial charge < -0.3 is 30.2 Å². The zero-order valence-electron chi connectivity index (χ0n) is 18.4. The lowest BCUT2D eigenvalue weighted by molar-refractivity contribution is -0.418. The maximum atomic E-state index is 12.4. The van der Waals surface area contributed by atoms with Crippen molar-refractivity contribution in [2.75, 3.05) is 19.5 Å². The molecule has 164 valence electrons. The van der Waals surface area contributed by atoms with Gasteiger partial charge in [0.15, 0.2) is 11.8 Å². The van der Waals surface area contributed by atoms with Gasteiger partial charge in [0.2, 0.25) is 0 Å². The number of carbonyl (C=O) groups excluding carboxylic acids is 1. The summed E-state index contributed by atoms with van der Waals surface area (Å²) in [5.74, 6) is 1.43. The van der Waals surface area contributed by atoms with E-state index in [9.17, 15) is 9.90 Å². The van der Waals surface area contributed by atoms with Crippen molar-refractivity contribution in [1.82, 2.24) is 5.16 Å². The number of carbonyl (C=O) groups is 1. The van der Waals surface area contributed by atoms with Crippen molar-refractivity contribution in [1.29, 1.82) is 0 Å². The lowest BCUT2D eigenvalue weighted by Crippen LogP contribution is -2.70. The average molecular weight is 426 g/mol. The Labute approximate surface area is 181 Å². The lowest BCUT2D eigenvalue weighted by atomic mass is 9.98. The van der Waals surface area contributed by atoms with Crippen molar-refractivity contribution in [2.45, 2.75) is 32.9 Å². The Kier molecular flexibility index (Phi) is 6.62. The van der Waals surface area contributed by atoms with Gasteiger partial charge in [-0.25, -0.2) is 0 Å². The highest BCUT2D eigenvalue weighted by molar-refractivity contribution is 5.96. The third kappa shape index (κ3) is 4.55. The van der Waals surface area contributed by atoms with E-state index in [0.29, 0.717) is 17.2 Å². The Morgan fingerprint density at radius 2 is 1.84 bits per heavy atom. The minimum atomic E-state index is -0.876. The zero-order chi connectivity index (χ0) is 22.7.